The Morgan fingerprint density at radius 2 is 2.06 bits per heavy atom. The zero-order valence-electron chi connectivity index (χ0n) is 10.3. The Morgan fingerprint density at radius 3 is 2.78 bits per heavy atom. The molecule has 0 aliphatic carbocycles. The van der Waals surface area contributed by atoms with Gasteiger partial charge in [-0.25, -0.2) is 9.97 Å². The number of benzene rings is 1. The number of nitrogens with two attached hydrogens (primary N) is 1. The van der Waals surface area contributed by atoms with Crippen LogP contribution in [0.3, 0.4) is 0 Å². The predicted molar refractivity (Wildman–Crippen MR) is 76.9 cm³/mol. The Morgan fingerprint density at radius 1 is 1.28 bits per heavy atom. The predicted octanol–water partition coefficient (Wildman–Crippen LogP) is 3.62. The number of nitrogens with zero attached hydrogens (tertiary/aromatic N) is 2. The number of hydrogen-bond acceptors (Lipinski definition) is 4. The number of para-hydroxylation sites is 1. The minimum Gasteiger partial charge on any atom is -0.398 e. The standard InChI is InChI=1S/C13H14ClN3S/c1-8-4-3-5-10(13(8)15)18-7-12-16-9(2)6-11(14)17-12/h3-6H,7,15H2,1-2H3. The molecule has 2 aromatic rings. The van der Waals surface area contributed by atoms with Crippen LogP contribution in [0.2, 0.25) is 5.15 Å². The van der Waals surface area contributed by atoms with Gasteiger partial charge in [-0.15, -0.1) is 11.8 Å². The van der Waals surface area contributed by atoms with E-state index in [1.807, 2.05) is 32.0 Å². The minimum atomic E-state index is 0.482. The highest BCUT2D eigenvalue weighted by Crippen LogP contribution is 2.29. The van der Waals surface area contributed by atoms with Gasteiger partial charge in [-0.05, 0) is 31.5 Å². The van der Waals surface area contributed by atoms with Gasteiger partial charge in [-0.3, -0.25) is 0 Å². The second kappa shape index (κ2) is 5.59. The number of anilines is 1. The maximum absolute atomic E-state index is 6.02. The van der Waals surface area contributed by atoms with E-state index < -0.39 is 0 Å². The molecule has 18 heavy (non-hydrogen) atoms. The molecule has 0 spiro atoms. The fraction of sp³-hybridized carbons (Fsp3) is 0.231. The van der Waals surface area contributed by atoms with Crippen molar-refractivity contribution in [3.05, 3.63) is 46.5 Å². The van der Waals surface area contributed by atoms with Crippen molar-refractivity contribution in [2.45, 2.75) is 24.5 Å². The van der Waals surface area contributed by atoms with Crippen molar-refractivity contribution in [2.24, 2.45) is 0 Å². The normalized spacial score (nSPS) is 10.6. The number of aromatic nitrogens is 2. The van der Waals surface area contributed by atoms with Gasteiger partial charge >= 0.3 is 0 Å². The van der Waals surface area contributed by atoms with Crippen LogP contribution >= 0.6 is 23.4 Å². The molecular weight excluding hydrogens is 266 g/mol. The van der Waals surface area contributed by atoms with E-state index in [1.165, 1.54) is 0 Å². The highest BCUT2D eigenvalue weighted by Gasteiger charge is 2.05. The van der Waals surface area contributed by atoms with E-state index in [9.17, 15) is 0 Å². The summed E-state index contributed by atoms with van der Waals surface area (Å²) in [5.74, 6) is 1.39. The van der Waals surface area contributed by atoms with Crippen LogP contribution < -0.4 is 5.73 Å². The quantitative estimate of drug-likeness (QED) is 0.530. The molecular formula is C13H14ClN3S. The molecule has 0 saturated carbocycles. The second-order valence-electron chi connectivity index (χ2n) is 4.02. The molecule has 0 atom stereocenters. The molecule has 3 nitrogen and oxygen atoms in total. The van der Waals surface area contributed by atoms with E-state index in [4.69, 9.17) is 17.3 Å². The SMILES string of the molecule is Cc1cc(Cl)nc(CSc2cccc(C)c2N)n1. The first-order valence-electron chi connectivity index (χ1n) is 5.54. The van der Waals surface area contributed by atoms with Crippen molar-refractivity contribution in [1.82, 2.24) is 9.97 Å². The molecule has 0 saturated heterocycles. The molecule has 1 aromatic carbocycles. The van der Waals surface area contributed by atoms with Gasteiger partial charge in [-0.2, -0.15) is 0 Å². The van der Waals surface area contributed by atoms with E-state index in [0.717, 1.165) is 27.7 Å². The summed E-state index contributed by atoms with van der Waals surface area (Å²) < 4.78 is 0. The third-order valence-electron chi connectivity index (χ3n) is 2.51. The van der Waals surface area contributed by atoms with Crippen LogP contribution in [-0.4, -0.2) is 9.97 Å². The molecule has 0 fully saturated rings. The lowest BCUT2D eigenvalue weighted by molar-refractivity contribution is 0.996. The van der Waals surface area contributed by atoms with Crippen LogP contribution in [0.25, 0.3) is 0 Å². The Hall–Kier alpha value is -1.26. The summed E-state index contributed by atoms with van der Waals surface area (Å²) in [5, 5.41) is 0.482. The molecule has 0 aliphatic heterocycles. The van der Waals surface area contributed by atoms with Gasteiger partial charge in [0.05, 0.1) is 5.75 Å². The number of halogens is 1. The number of rotatable bonds is 3. The number of hydrogen-bond donors (Lipinski definition) is 1. The van der Waals surface area contributed by atoms with Crippen molar-refractivity contribution in [1.29, 1.82) is 0 Å². The summed E-state index contributed by atoms with van der Waals surface area (Å²) in [5.41, 5.74) is 8.80. The van der Waals surface area contributed by atoms with Crippen LogP contribution in [0.15, 0.2) is 29.2 Å². The van der Waals surface area contributed by atoms with E-state index in [1.54, 1.807) is 17.8 Å². The maximum atomic E-state index is 6.02. The van der Waals surface area contributed by atoms with Gasteiger partial charge in [0, 0.05) is 16.3 Å². The lowest BCUT2D eigenvalue weighted by Gasteiger charge is -2.07. The van der Waals surface area contributed by atoms with Crippen LogP contribution in [0.4, 0.5) is 5.69 Å². The highest BCUT2D eigenvalue weighted by atomic mass is 35.5. The van der Waals surface area contributed by atoms with E-state index in [0.29, 0.717) is 10.9 Å². The van der Waals surface area contributed by atoms with E-state index in [-0.39, 0.29) is 0 Å². The van der Waals surface area contributed by atoms with E-state index >= 15 is 0 Å². The molecule has 0 aliphatic rings. The van der Waals surface area contributed by atoms with Gasteiger partial charge in [0.1, 0.15) is 11.0 Å². The fourth-order valence-electron chi connectivity index (χ4n) is 1.58. The van der Waals surface area contributed by atoms with Gasteiger partial charge < -0.3 is 5.73 Å². The van der Waals surface area contributed by atoms with Crippen LogP contribution in [0.5, 0.6) is 0 Å². The third-order valence-corrected chi connectivity index (χ3v) is 3.77. The summed E-state index contributed by atoms with van der Waals surface area (Å²) in [4.78, 5) is 9.59. The molecule has 94 valence electrons. The Balaban J connectivity index is 2.14. The van der Waals surface area contributed by atoms with Crippen LogP contribution in [0, 0.1) is 13.8 Å². The first-order chi connectivity index (χ1) is 8.56. The average molecular weight is 280 g/mol. The zero-order valence-corrected chi connectivity index (χ0v) is 11.8. The second-order valence-corrected chi connectivity index (χ2v) is 5.43. The van der Waals surface area contributed by atoms with E-state index in [2.05, 4.69) is 9.97 Å². The van der Waals surface area contributed by atoms with Crippen molar-refractivity contribution in [3.8, 4) is 0 Å². The van der Waals surface area contributed by atoms with Crippen molar-refractivity contribution in [3.63, 3.8) is 0 Å². The largest absolute Gasteiger partial charge is 0.398 e. The van der Waals surface area contributed by atoms with Crippen LogP contribution in [-0.2, 0) is 5.75 Å². The number of aryl methyl sites for hydroxylation is 2. The summed E-state index contributed by atoms with van der Waals surface area (Å²) in [6, 6.07) is 7.75. The monoisotopic (exact) mass is 279 g/mol. The Kier molecular flexibility index (Phi) is 4.09. The first-order valence-corrected chi connectivity index (χ1v) is 6.90. The lowest BCUT2D eigenvalue weighted by Crippen LogP contribution is -1.97. The summed E-state index contributed by atoms with van der Waals surface area (Å²) in [7, 11) is 0. The summed E-state index contributed by atoms with van der Waals surface area (Å²) >= 11 is 7.53. The number of thioether (sulfide) groups is 1. The fourth-order valence-corrected chi connectivity index (χ4v) is 2.74. The van der Waals surface area contributed by atoms with Crippen molar-refractivity contribution >= 4 is 29.1 Å². The van der Waals surface area contributed by atoms with Crippen molar-refractivity contribution in [2.75, 3.05) is 5.73 Å². The van der Waals surface area contributed by atoms with Crippen molar-refractivity contribution < 1.29 is 0 Å². The van der Waals surface area contributed by atoms with Gasteiger partial charge in [0.25, 0.3) is 0 Å². The molecule has 2 rings (SSSR count). The average Bonchev–Trinajstić information content (AvgIpc) is 2.30. The third kappa shape index (κ3) is 3.15. The molecule has 0 unspecified atom stereocenters. The van der Waals surface area contributed by atoms with Gasteiger partial charge in [-0.1, -0.05) is 23.7 Å². The lowest BCUT2D eigenvalue weighted by atomic mass is 10.2. The Labute approximate surface area is 116 Å². The molecule has 2 N–H and O–H groups in total. The maximum Gasteiger partial charge on any atom is 0.140 e. The molecule has 5 heteroatoms. The molecule has 0 radical (unpaired) electrons. The minimum absolute atomic E-state index is 0.482. The molecule has 0 bridgehead atoms. The van der Waals surface area contributed by atoms with Gasteiger partial charge in [0.2, 0.25) is 0 Å². The summed E-state index contributed by atoms with van der Waals surface area (Å²) in [6.07, 6.45) is 0. The zero-order chi connectivity index (χ0) is 13.1. The first kappa shape index (κ1) is 13.2. The topological polar surface area (TPSA) is 51.8 Å². The number of nitrogen functional groups attached to an aromatic ring is 1. The highest BCUT2D eigenvalue weighted by molar-refractivity contribution is 7.98. The van der Waals surface area contributed by atoms with Crippen LogP contribution in [0.1, 0.15) is 17.1 Å². The molecule has 0 amide bonds. The molecule has 1 heterocycles. The molecule has 1 aromatic heterocycles. The van der Waals surface area contributed by atoms with Gasteiger partial charge in [0.15, 0.2) is 0 Å². The Bertz CT molecular complexity index is 552. The summed E-state index contributed by atoms with van der Waals surface area (Å²) in [6.45, 7) is 3.90. The smallest absolute Gasteiger partial charge is 0.140 e.